The standard InChI is InChI=1S/C22H16S/c1-2-23-19-13-11-16(12-14-19)22-20-9-5-3-7-17(20)15-18-8-4-6-10-21(18)22/h2-15H,1H2. The second kappa shape index (κ2) is 5.94. The molecule has 0 nitrogen and oxygen atoms in total. The Morgan fingerprint density at radius 1 is 0.696 bits per heavy atom. The Bertz CT molecular complexity index is 943. The van der Waals surface area contributed by atoms with Crippen molar-refractivity contribution in [2.75, 3.05) is 0 Å². The van der Waals surface area contributed by atoms with Gasteiger partial charge >= 0.3 is 0 Å². The summed E-state index contributed by atoms with van der Waals surface area (Å²) < 4.78 is 0. The first-order chi connectivity index (χ1) is 11.4. The number of thioether (sulfide) groups is 1. The first kappa shape index (κ1) is 14.1. The zero-order valence-electron chi connectivity index (χ0n) is 12.7. The van der Waals surface area contributed by atoms with Crippen LogP contribution in [0.4, 0.5) is 0 Å². The van der Waals surface area contributed by atoms with Gasteiger partial charge in [-0.15, -0.1) is 0 Å². The maximum absolute atomic E-state index is 3.78. The zero-order chi connectivity index (χ0) is 15.6. The van der Waals surface area contributed by atoms with Crippen LogP contribution in [0.2, 0.25) is 0 Å². The molecule has 0 aliphatic carbocycles. The van der Waals surface area contributed by atoms with Crippen LogP contribution in [-0.2, 0) is 0 Å². The third-order valence-corrected chi connectivity index (χ3v) is 4.84. The van der Waals surface area contributed by atoms with E-state index in [1.807, 2.05) is 5.41 Å². The Morgan fingerprint density at radius 3 is 1.83 bits per heavy atom. The fourth-order valence-electron chi connectivity index (χ4n) is 3.12. The molecule has 0 aliphatic heterocycles. The van der Waals surface area contributed by atoms with Gasteiger partial charge in [0, 0.05) is 4.90 Å². The minimum Gasteiger partial charge on any atom is -0.0987 e. The van der Waals surface area contributed by atoms with Gasteiger partial charge in [-0.05, 0) is 56.3 Å². The van der Waals surface area contributed by atoms with Gasteiger partial charge in [0.1, 0.15) is 0 Å². The monoisotopic (exact) mass is 312 g/mol. The zero-order valence-corrected chi connectivity index (χ0v) is 13.5. The van der Waals surface area contributed by atoms with Crippen LogP contribution in [0.1, 0.15) is 0 Å². The molecule has 23 heavy (non-hydrogen) atoms. The summed E-state index contributed by atoms with van der Waals surface area (Å²) in [5, 5.41) is 7.03. The van der Waals surface area contributed by atoms with E-state index in [4.69, 9.17) is 0 Å². The number of hydrogen-bond donors (Lipinski definition) is 0. The maximum atomic E-state index is 3.78. The average Bonchev–Trinajstić information content (AvgIpc) is 2.61. The predicted octanol–water partition coefficient (Wildman–Crippen LogP) is 6.90. The predicted molar refractivity (Wildman–Crippen MR) is 103 cm³/mol. The highest BCUT2D eigenvalue weighted by Crippen LogP contribution is 2.36. The molecular weight excluding hydrogens is 296 g/mol. The third-order valence-electron chi connectivity index (χ3n) is 4.13. The summed E-state index contributed by atoms with van der Waals surface area (Å²) in [5.41, 5.74) is 2.57. The van der Waals surface area contributed by atoms with Gasteiger partial charge in [-0.2, -0.15) is 0 Å². The number of benzene rings is 4. The highest BCUT2D eigenvalue weighted by molar-refractivity contribution is 8.02. The van der Waals surface area contributed by atoms with E-state index in [1.54, 1.807) is 11.8 Å². The largest absolute Gasteiger partial charge is 0.0987 e. The van der Waals surface area contributed by atoms with Gasteiger partial charge in [0.2, 0.25) is 0 Å². The van der Waals surface area contributed by atoms with E-state index in [0.717, 1.165) is 0 Å². The minimum atomic E-state index is 1.22. The van der Waals surface area contributed by atoms with Crippen LogP contribution in [0.5, 0.6) is 0 Å². The molecule has 1 heteroatoms. The molecule has 0 spiro atoms. The quantitative estimate of drug-likeness (QED) is 0.293. The smallest absolute Gasteiger partial charge is 0.0116 e. The summed E-state index contributed by atoms with van der Waals surface area (Å²) in [6.07, 6.45) is 0. The summed E-state index contributed by atoms with van der Waals surface area (Å²) in [4.78, 5) is 1.22. The Morgan fingerprint density at radius 2 is 1.26 bits per heavy atom. The van der Waals surface area contributed by atoms with Gasteiger partial charge in [-0.3, -0.25) is 0 Å². The van der Waals surface area contributed by atoms with E-state index < -0.39 is 0 Å². The van der Waals surface area contributed by atoms with Crippen molar-refractivity contribution in [1.82, 2.24) is 0 Å². The molecule has 4 aromatic carbocycles. The van der Waals surface area contributed by atoms with Gasteiger partial charge in [0.05, 0.1) is 0 Å². The first-order valence-electron chi connectivity index (χ1n) is 7.65. The lowest BCUT2D eigenvalue weighted by molar-refractivity contribution is 1.47. The van der Waals surface area contributed by atoms with Crippen LogP contribution in [-0.4, -0.2) is 0 Å². The van der Waals surface area contributed by atoms with Gasteiger partial charge < -0.3 is 0 Å². The Labute approximate surface area is 140 Å². The topological polar surface area (TPSA) is 0 Å². The second-order valence-corrected chi connectivity index (χ2v) is 6.54. The van der Waals surface area contributed by atoms with Crippen molar-refractivity contribution >= 4 is 33.3 Å². The highest BCUT2D eigenvalue weighted by atomic mass is 32.2. The number of hydrogen-bond acceptors (Lipinski definition) is 1. The molecule has 4 rings (SSSR count). The van der Waals surface area contributed by atoms with Crippen LogP contribution in [0.15, 0.2) is 95.7 Å². The molecule has 110 valence electrons. The molecule has 0 fully saturated rings. The lowest BCUT2D eigenvalue weighted by Crippen LogP contribution is -1.85. The van der Waals surface area contributed by atoms with Crippen LogP contribution < -0.4 is 0 Å². The van der Waals surface area contributed by atoms with E-state index in [1.165, 1.54) is 37.6 Å². The molecule has 0 amide bonds. The van der Waals surface area contributed by atoms with Crippen LogP contribution in [0.25, 0.3) is 32.7 Å². The fourth-order valence-corrected chi connectivity index (χ4v) is 3.61. The van der Waals surface area contributed by atoms with E-state index in [-0.39, 0.29) is 0 Å². The van der Waals surface area contributed by atoms with Crippen molar-refractivity contribution in [3.8, 4) is 11.1 Å². The molecule has 0 bridgehead atoms. The van der Waals surface area contributed by atoms with Crippen molar-refractivity contribution in [3.05, 3.63) is 90.8 Å². The summed E-state index contributed by atoms with van der Waals surface area (Å²) in [5.74, 6) is 0. The summed E-state index contributed by atoms with van der Waals surface area (Å²) >= 11 is 1.65. The highest BCUT2D eigenvalue weighted by Gasteiger charge is 2.09. The molecule has 0 saturated carbocycles. The molecule has 0 aromatic heterocycles. The molecule has 4 aromatic rings. The van der Waals surface area contributed by atoms with Crippen LogP contribution >= 0.6 is 11.8 Å². The van der Waals surface area contributed by atoms with Crippen molar-refractivity contribution in [2.24, 2.45) is 0 Å². The Hall–Kier alpha value is -2.51. The van der Waals surface area contributed by atoms with E-state index in [9.17, 15) is 0 Å². The van der Waals surface area contributed by atoms with Gasteiger partial charge in [0.25, 0.3) is 0 Å². The number of fused-ring (bicyclic) bond motifs is 2. The van der Waals surface area contributed by atoms with E-state index >= 15 is 0 Å². The van der Waals surface area contributed by atoms with Crippen molar-refractivity contribution in [3.63, 3.8) is 0 Å². The molecule has 0 aliphatic rings. The van der Waals surface area contributed by atoms with Crippen molar-refractivity contribution < 1.29 is 0 Å². The number of rotatable bonds is 3. The van der Waals surface area contributed by atoms with Crippen LogP contribution in [0, 0.1) is 0 Å². The SMILES string of the molecule is C=CSc1ccc(-c2c3ccccc3cc3ccccc23)cc1. The van der Waals surface area contributed by atoms with Crippen molar-refractivity contribution in [1.29, 1.82) is 0 Å². The molecule has 0 radical (unpaired) electrons. The van der Waals surface area contributed by atoms with E-state index in [0.29, 0.717) is 0 Å². The van der Waals surface area contributed by atoms with Crippen LogP contribution in [0.3, 0.4) is 0 Å². The average molecular weight is 312 g/mol. The van der Waals surface area contributed by atoms with E-state index in [2.05, 4.69) is 85.4 Å². The second-order valence-electron chi connectivity index (χ2n) is 5.50. The first-order valence-corrected chi connectivity index (χ1v) is 8.53. The van der Waals surface area contributed by atoms with Gasteiger partial charge in [0.15, 0.2) is 0 Å². The van der Waals surface area contributed by atoms with Gasteiger partial charge in [-0.25, -0.2) is 0 Å². The molecule has 0 unspecified atom stereocenters. The summed E-state index contributed by atoms with van der Waals surface area (Å²) in [6, 6.07) is 28.3. The molecule has 0 heterocycles. The Balaban J connectivity index is 2.04. The normalized spacial score (nSPS) is 11.0. The Kier molecular flexibility index (Phi) is 3.64. The van der Waals surface area contributed by atoms with Crippen molar-refractivity contribution in [2.45, 2.75) is 4.90 Å². The summed E-state index contributed by atoms with van der Waals surface area (Å²) in [6.45, 7) is 3.78. The minimum absolute atomic E-state index is 1.22. The lowest BCUT2D eigenvalue weighted by Gasteiger charge is -2.12. The maximum Gasteiger partial charge on any atom is 0.0116 e. The fraction of sp³-hybridized carbons (Fsp3) is 0. The van der Waals surface area contributed by atoms with Gasteiger partial charge in [-0.1, -0.05) is 79.0 Å². The summed E-state index contributed by atoms with van der Waals surface area (Å²) in [7, 11) is 0. The molecular formula is C22H16S. The molecule has 0 N–H and O–H groups in total. The molecule has 0 saturated heterocycles. The molecule has 0 atom stereocenters. The lowest BCUT2D eigenvalue weighted by atomic mass is 9.92. The third kappa shape index (κ3) is 2.54.